The third kappa shape index (κ3) is 5.88. The van der Waals surface area contributed by atoms with Crippen molar-refractivity contribution in [2.45, 2.75) is 25.1 Å². The molecule has 0 saturated carbocycles. The van der Waals surface area contributed by atoms with Crippen LogP contribution >= 0.6 is 11.8 Å². The van der Waals surface area contributed by atoms with E-state index < -0.39 is 4.92 Å². The summed E-state index contributed by atoms with van der Waals surface area (Å²) in [5, 5.41) is 13.7. The largest absolute Gasteiger partial charge is 0.493 e. The summed E-state index contributed by atoms with van der Waals surface area (Å²) < 4.78 is 10.6. The molecule has 2 aromatic carbocycles. The van der Waals surface area contributed by atoms with Crippen LogP contribution in [0.3, 0.4) is 0 Å². The Balaban J connectivity index is 1.89. The van der Waals surface area contributed by atoms with Gasteiger partial charge in [-0.3, -0.25) is 14.9 Å². The highest BCUT2D eigenvalue weighted by Gasteiger charge is 2.15. The number of methoxy groups -OCH3 is 2. The molecule has 0 aromatic heterocycles. The predicted molar refractivity (Wildman–Crippen MR) is 110 cm³/mol. The Morgan fingerprint density at radius 3 is 2.39 bits per heavy atom. The number of rotatable bonds is 10. The van der Waals surface area contributed by atoms with Gasteiger partial charge in [-0.25, -0.2) is 0 Å². The Kier molecular flexibility index (Phi) is 8.13. The van der Waals surface area contributed by atoms with Gasteiger partial charge in [-0.05, 0) is 29.7 Å². The Hall–Kier alpha value is -2.74. The first-order chi connectivity index (χ1) is 13.5. The summed E-state index contributed by atoms with van der Waals surface area (Å²) >= 11 is 1.46. The molecule has 0 aliphatic carbocycles. The van der Waals surface area contributed by atoms with Crippen molar-refractivity contribution in [3.8, 4) is 11.5 Å². The van der Waals surface area contributed by atoms with Gasteiger partial charge in [0.2, 0.25) is 5.91 Å². The van der Waals surface area contributed by atoms with Gasteiger partial charge in [0.25, 0.3) is 5.69 Å². The molecule has 0 bridgehead atoms. The van der Waals surface area contributed by atoms with Crippen molar-refractivity contribution in [3.63, 3.8) is 0 Å². The molecular formula is C20H24N2O5S. The number of nitro groups is 1. The molecule has 0 radical (unpaired) electrons. The number of non-ortho nitro benzene ring substituents is 1. The zero-order chi connectivity index (χ0) is 20.5. The first-order valence-corrected chi connectivity index (χ1v) is 9.96. The van der Waals surface area contributed by atoms with Crippen LogP contribution in [-0.4, -0.2) is 30.8 Å². The molecule has 1 N–H and O–H groups in total. The van der Waals surface area contributed by atoms with E-state index in [2.05, 4.69) is 5.32 Å². The van der Waals surface area contributed by atoms with Crippen molar-refractivity contribution in [1.82, 2.24) is 5.32 Å². The topological polar surface area (TPSA) is 90.7 Å². The summed E-state index contributed by atoms with van der Waals surface area (Å²) in [7, 11) is 3.16. The molecule has 8 heteroatoms. The summed E-state index contributed by atoms with van der Waals surface area (Å²) in [5.74, 6) is 2.12. The van der Waals surface area contributed by atoms with Gasteiger partial charge < -0.3 is 14.8 Å². The molecule has 2 aromatic rings. The minimum Gasteiger partial charge on any atom is -0.493 e. The maximum atomic E-state index is 12.3. The maximum Gasteiger partial charge on any atom is 0.269 e. The average molecular weight is 404 g/mol. The number of thioether (sulfide) groups is 1. The lowest BCUT2D eigenvalue weighted by Crippen LogP contribution is -2.29. The van der Waals surface area contributed by atoms with Crippen molar-refractivity contribution in [2.75, 3.05) is 20.0 Å². The van der Waals surface area contributed by atoms with E-state index in [0.29, 0.717) is 23.0 Å². The first kappa shape index (κ1) is 21.6. The standard InChI is InChI=1S/C20H24N2O5S/c1-4-17(15-7-10-18(26-2)19(11-15)27-3)21-20(23)13-28-12-14-5-8-16(9-6-14)22(24)25/h5-11,17H,4,12-13H2,1-3H3,(H,21,23). The highest BCUT2D eigenvalue weighted by Crippen LogP contribution is 2.31. The second kappa shape index (κ2) is 10.6. The number of hydrogen-bond donors (Lipinski definition) is 1. The number of benzene rings is 2. The normalized spacial score (nSPS) is 11.5. The molecule has 0 aliphatic rings. The lowest BCUT2D eigenvalue weighted by molar-refractivity contribution is -0.384. The van der Waals surface area contributed by atoms with Gasteiger partial charge in [0.1, 0.15) is 0 Å². The van der Waals surface area contributed by atoms with Gasteiger partial charge >= 0.3 is 0 Å². The number of nitro benzene ring substituents is 1. The third-order valence-corrected chi connectivity index (χ3v) is 5.21. The number of nitrogens with one attached hydrogen (secondary N) is 1. The molecule has 28 heavy (non-hydrogen) atoms. The van der Waals surface area contributed by atoms with Crippen molar-refractivity contribution in [2.24, 2.45) is 0 Å². The molecule has 0 saturated heterocycles. The smallest absolute Gasteiger partial charge is 0.269 e. The van der Waals surface area contributed by atoms with Crippen molar-refractivity contribution in [1.29, 1.82) is 0 Å². The van der Waals surface area contributed by atoms with E-state index in [1.807, 2.05) is 25.1 Å². The van der Waals surface area contributed by atoms with E-state index in [4.69, 9.17) is 9.47 Å². The van der Waals surface area contributed by atoms with Crippen molar-refractivity contribution >= 4 is 23.4 Å². The molecule has 0 aliphatic heterocycles. The highest BCUT2D eigenvalue weighted by atomic mass is 32.2. The second-order valence-electron chi connectivity index (χ2n) is 6.06. The summed E-state index contributed by atoms with van der Waals surface area (Å²) in [6.45, 7) is 2.01. The van der Waals surface area contributed by atoms with E-state index in [1.165, 1.54) is 23.9 Å². The minimum absolute atomic E-state index is 0.0615. The summed E-state index contributed by atoms with van der Waals surface area (Å²) in [6.07, 6.45) is 0.744. The van der Waals surface area contributed by atoms with E-state index in [-0.39, 0.29) is 17.6 Å². The van der Waals surface area contributed by atoms with Gasteiger partial charge in [-0.2, -0.15) is 0 Å². The number of hydrogen-bond acceptors (Lipinski definition) is 6. The van der Waals surface area contributed by atoms with Crippen LogP contribution < -0.4 is 14.8 Å². The van der Waals surface area contributed by atoms with Crippen LogP contribution in [0, 0.1) is 10.1 Å². The lowest BCUT2D eigenvalue weighted by Gasteiger charge is -2.19. The number of nitrogens with zero attached hydrogens (tertiary/aromatic N) is 1. The Labute approximate surface area is 168 Å². The van der Waals surface area contributed by atoms with Crippen LogP contribution in [0.5, 0.6) is 11.5 Å². The predicted octanol–water partition coefficient (Wildman–Crippen LogP) is 4.11. The minimum atomic E-state index is -0.427. The van der Waals surface area contributed by atoms with Gasteiger partial charge in [-0.1, -0.05) is 25.1 Å². The van der Waals surface area contributed by atoms with E-state index in [0.717, 1.165) is 17.5 Å². The van der Waals surface area contributed by atoms with Crippen LogP contribution in [0.1, 0.15) is 30.5 Å². The molecular weight excluding hydrogens is 380 g/mol. The van der Waals surface area contributed by atoms with Crippen LogP contribution in [0.15, 0.2) is 42.5 Å². The van der Waals surface area contributed by atoms with Crippen LogP contribution in [-0.2, 0) is 10.5 Å². The summed E-state index contributed by atoms with van der Waals surface area (Å²) in [6, 6.07) is 11.9. The van der Waals surface area contributed by atoms with Gasteiger partial charge in [-0.15, -0.1) is 11.8 Å². The van der Waals surface area contributed by atoms with E-state index >= 15 is 0 Å². The second-order valence-corrected chi connectivity index (χ2v) is 7.04. The fourth-order valence-corrected chi connectivity index (χ4v) is 3.50. The maximum absolute atomic E-state index is 12.3. The van der Waals surface area contributed by atoms with Crippen LogP contribution in [0.4, 0.5) is 5.69 Å². The lowest BCUT2D eigenvalue weighted by atomic mass is 10.0. The molecule has 0 fully saturated rings. The van der Waals surface area contributed by atoms with Crippen molar-refractivity contribution in [3.05, 3.63) is 63.7 Å². The number of ether oxygens (including phenoxy) is 2. The molecule has 1 unspecified atom stereocenters. The van der Waals surface area contributed by atoms with Crippen molar-refractivity contribution < 1.29 is 19.2 Å². The number of carbonyl (C=O) groups excluding carboxylic acids is 1. The Morgan fingerprint density at radius 1 is 1.14 bits per heavy atom. The van der Waals surface area contributed by atoms with Crippen LogP contribution in [0.2, 0.25) is 0 Å². The quantitative estimate of drug-likeness (QED) is 0.473. The van der Waals surface area contributed by atoms with Gasteiger partial charge in [0, 0.05) is 17.9 Å². The van der Waals surface area contributed by atoms with Crippen LogP contribution in [0.25, 0.3) is 0 Å². The highest BCUT2D eigenvalue weighted by molar-refractivity contribution is 7.99. The summed E-state index contributed by atoms with van der Waals surface area (Å²) in [4.78, 5) is 22.6. The Bertz CT molecular complexity index is 811. The molecule has 1 amide bonds. The molecule has 150 valence electrons. The zero-order valence-electron chi connectivity index (χ0n) is 16.1. The number of carbonyl (C=O) groups is 1. The molecule has 1 atom stereocenters. The SMILES string of the molecule is CCC(NC(=O)CSCc1ccc([N+](=O)[O-])cc1)c1ccc(OC)c(OC)c1. The van der Waals surface area contributed by atoms with E-state index in [1.54, 1.807) is 26.4 Å². The fourth-order valence-electron chi connectivity index (χ4n) is 2.70. The van der Waals surface area contributed by atoms with E-state index in [9.17, 15) is 14.9 Å². The summed E-state index contributed by atoms with van der Waals surface area (Å²) in [5.41, 5.74) is 1.96. The fraction of sp³-hybridized carbons (Fsp3) is 0.350. The third-order valence-electron chi connectivity index (χ3n) is 4.20. The molecule has 0 heterocycles. The Morgan fingerprint density at radius 2 is 1.82 bits per heavy atom. The van der Waals surface area contributed by atoms with Gasteiger partial charge in [0.15, 0.2) is 11.5 Å². The molecule has 0 spiro atoms. The first-order valence-electron chi connectivity index (χ1n) is 8.80. The molecule has 7 nitrogen and oxygen atoms in total. The zero-order valence-corrected chi connectivity index (χ0v) is 17.0. The average Bonchev–Trinajstić information content (AvgIpc) is 2.71. The van der Waals surface area contributed by atoms with Gasteiger partial charge in [0.05, 0.1) is 30.9 Å². The number of amides is 1. The monoisotopic (exact) mass is 404 g/mol. The molecule has 2 rings (SSSR count).